The molecule has 1 aromatic heterocycles. The number of allylic oxidation sites excluding steroid dienone is 1. The quantitative estimate of drug-likeness (QED) is 0.399. The molecule has 0 aliphatic rings. The lowest BCUT2D eigenvalue weighted by Gasteiger charge is -1.85. The van der Waals surface area contributed by atoms with Gasteiger partial charge in [0.05, 0.1) is 6.26 Å². The van der Waals surface area contributed by atoms with Crippen molar-refractivity contribution in [3.05, 3.63) is 36.0 Å². The van der Waals surface area contributed by atoms with Crippen LogP contribution in [0.15, 0.2) is 28.9 Å². The number of aliphatic hydroxyl groups excluding tert-OH is 1. The third-order valence-electron chi connectivity index (χ3n) is 1.21. The van der Waals surface area contributed by atoms with Crippen molar-refractivity contribution in [3.8, 4) is 0 Å². The van der Waals surface area contributed by atoms with Gasteiger partial charge < -0.3 is 9.52 Å². The second kappa shape index (κ2) is 3.05. The molecule has 0 aromatic carbocycles. The van der Waals surface area contributed by atoms with Crippen molar-refractivity contribution in [1.82, 2.24) is 0 Å². The summed E-state index contributed by atoms with van der Waals surface area (Å²) in [5, 5.41) is 8.26. The van der Waals surface area contributed by atoms with Gasteiger partial charge in [0.2, 0.25) is 5.78 Å². The number of ketones is 1. The van der Waals surface area contributed by atoms with Gasteiger partial charge in [0, 0.05) is 6.08 Å². The van der Waals surface area contributed by atoms with Gasteiger partial charge in [-0.05, 0) is 19.1 Å². The van der Waals surface area contributed by atoms with Gasteiger partial charge in [-0.1, -0.05) is 0 Å². The Bertz CT molecular complexity index is 283. The lowest BCUT2D eigenvalue weighted by atomic mass is 10.3. The third kappa shape index (κ3) is 1.70. The van der Waals surface area contributed by atoms with Gasteiger partial charge in [0.25, 0.3) is 0 Å². The molecule has 0 radical (unpaired) electrons. The van der Waals surface area contributed by atoms with Crippen molar-refractivity contribution in [2.45, 2.75) is 6.92 Å². The summed E-state index contributed by atoms with van der Waals surface area (Å²) in [5.74, 6) is 0.591. The van der Waals surface area contributed by atoms with Crippen molar-refractivity contribution in [3.63, 3.8) is 0 Å². The van der Waals surface area contributed by atoms with Crippen molar-refractivity contribution in [2.75, 3.05) is 0 Å². The lowest BCUT2D eigenvalue weighted by molar-refractivity contribution is 0.101. The maximum atomic E-state index is 10.9. The number of rotatable bonds is 2. The third-order valence-corrected chi connectivity index (χ3v) is 1.21. The average Bonchev–Trinajstić information content (AvgIpc) is 2.36. The Morgan fingerprint density at radius 2 is 2.36 bits per heavy atom. The summed E-state index contributed by atoms with van der Waals surface area (Å²) < 4.78 is 4.99. The van der Waals surface area contributed by atoms with Crippen LogP contribution in [0, 0.1) is 6.92 Å². The van der Waals surface area contributed by atoms with E-state index in [0.29, 0.717) is 12.0 Å². The van der Waals surface area contributed by atoms with Gasteiger partial charge in [-0.2, -0.15) is 0 Å². The summed E-state index contributed by atoms with van der Waals surface area (Å²) >= 11 is 0. The summed E-state index contributed by atoms with van der Waals surface area (Å²) in [6.45, 7) is 1.75. The van der Waals surface area contributed by atoms with E-state index >= 15 is 0 Å². The summed E-state index contributed by atoms with van der Waals surface area (Å²) in [7, 11) is 0. The van der Waals surface area contributed by atoms with Gasteiger partial charge in [-0.3, -0.25) is 4.79 Å². The Labute approximate surface area is 64.0 Å². The van der Waals surface area contributed by atoms with E-state index < -0.39 is 0 Å². The van der Waals surface area contributed by atoms with Crippen molar-refractivity contribution < 1.29 is 14.3 Å². The van der Waals surface area contributed by atoms with Crippen LogP contribution in [0.3, 0.4) is 0 Å². The molecule has 58 valence electrons. The van der Waals surface area contributed by atoms with Crippen LogP contribution in [0.25, 0.3) is 0 Å². The zero-order chi connectivity index (χ0) is 8.27. The topological polar surface area (TPSA) is 50.4 Å². The maximum Gasteiger partial charge on any atom is 0.224 e. The second-order valence-electron chi connectivity index (χ2n) is 2.09. The molecule has 0 aliphatic heterocycles. The molecule has 0 amide bonds. The zero-order valence-electron chi connectivity index (χ0n) is 6.07. The lowest BCUT2D eigenvalue weighted by Crippen LogP contribution is -1.89. The zero-order valence-corrected chi connectivity index (χ0v) is 6.07. The summed E-state index contributed by atoms with van der Waals surface area (Å²) in [6, 6.07) is 3.26. The minimum absolute atomic E-state index is 0.243. The minimum Gasteiger partial charge on any atom is -0.515 e. The molecule has 0 unspecified atom stereocenters. The highest BCUT2D eigenvalue weighted by Gasteiger charge is 2.04. The largest absolute Gasteiger partial charge is 0.515 e. The number of aryl methyl sites for hydroxylation is 1. The van der Waals surface area contributed by atoms with Gasteiger partial charge in [-0.15, -0.1) is 0 Å². The Kier molecular flexibility index (Phi) is 2.11. The number of hydrogen-bond donors (Lipinski definition) is 1. The summed E-state index contributed by atoms with van der Waals surface area (Å²) in [6.07, 6.45) is 1.73. The predicted molar refractivity (Wildman–Crippen MR) is 39.5 cm³/mol. The maximum absolute atomic E-state index is 10.9. The van der Waals surface area contributed by atoms with E-state index in [-0.39, 0.29) is 11.5 Å². The second-order valence-corrected chi connectivity index (χ2v) is 2.09. The molecule has 1 N–H and O–H groups in total. The molecule has 0 saturated carbocycles. The first-order chi connectivity index (χ1) is 5.24. The Hall–Kier alpha value is -1.51. The van der Waals surface area contributed by atoms with E-state index in [9.17, 15) is 4.79 Å². The highest BCUT2D eigenvalue weighted by molar-refractivity contribution is 6.02. The molecule has 0 atom stereocenters. The SMILES string of the molecule is Cc1ccc(C(=O)C=CO)o1. The van der Waals surface area contributed by atoms with Gasteiger partial charge in [0.1, 0.15) is 5.76 Å². The number of aliphatic hydroxyl groups is 1. The van der Waals surface area contributed by atoms with Gasteiger partial charge in [0.15, 0.2) is 5.76 Å². The van der Waals surface area contributed by atoms with Crippen molar-refractivity contribution >= 4 is 5.78 Å². The number of carbonyl (C=O) groups excluding carboxylic acids is 1. The van der Waals surface area contributed by atoms with Gasteiger partial charge >= 0.3 is 0 Å². The monoisotopic (exact) mass is 152 g/mol. The average molecular weight is 152 g/mol. The number of carbonyl (C=O) groups is 1. The Morgan fingerprint density at radius 3 is 2.82 bits per heavy atom. The van der Waals surface area contributed by atoms with Crippen LogP contribution in [0.4, 0.5) is 0 Å². The Morgan fingerprint density at radius 1 is 1.64 bits per heavy atom. The van der Waals surface area contributed by atoms with Crippen LogP contribution in [-0.2, 0) is 0 Å². The van der Waals surface area contributed by atoms with E-state index in [2.05, 4.69) is 0 Å². The molecule has 1 rings (SSSR count). The molecule has 11 heavy (non-hydrogen) atoms. The molecule has 3 nitrogen and oxygen atoms in total. The van der Waals surface area contributed by atoms with E-state index in [0.717, 1.165) is 6.08 Å². The smallest absolute Gasteiger partial charge is 0.224 e. The van der Waals surface area contributed by atoms with Crippen LogP contribution in [0.1, 0.15) is 16.3 Å². The van der Waals surface area contributed by atoms with E-state index in [1.807, 2.05) is 0 Å². The molecule has 0 saturated heterocycles. The molecule has 0 spiro atoms. The minimum atomic E-state index is -0.333. The van der Waals surface area contributed by atoms with E-state index in [4.69, 9.17) is 9.52 Å². The van der Waals surface area contributed by atoms with Crippen LogP contribution in [-0.4, -0.2) is 10.9 Å². The van der Waals surface area contributed by atoms with Crippen molar-refractivity contribution in [2.24, 2.45) is 0 Å². The molecule has 3 heteroatoms. The van der Waals surface area contributed by atoms with Crippen LogP contribution in [0.2, 0.25) is 0 Å². The highest BCUT2D eigenvalue weighted by Crippen LogP contribution is 2.06. The fourth-order valence-corrected chi connectivity index (χ4v) is 0.717. The first kappa shape index (κ1) is 7.60. The van der Waals surface area contributed by atoms with Crippen LogP contribution >= 0.6 is 0 Å². The molecular weight excluding hydrogens is 144 g/mol. The molecule has 1 heterocycles. The van der Waals surface area contributed by atoms with Gasteiger partial charge in [-0.25, -0.2) is 0 Å². The molecule has 0 aliphatic carbocycles. The fraction of sp³-hybridized carbons (Fsp3) is 0.125. The normalized spacial score (nSPS) is 10.6. The first-order valence-electron chi connectivity index (χ1n) is 3.15. The first-order valence-corrected chi connectivity index (χ1v) is 3.15. The number of hydrogen-bond acceptors (Lipinski definition) is 3. The van der Waals surface area contributed by atoms with E-state index in [1.165, 1.54) is 0 Å². The number of furan rings is 1. The summed E-state index contributed by atoms with van der Waals surface area (Å²) in [5.41, 5.74) is 0. The molecule has 1 aromatic rings. The molecular formula is C8H8O3. The Balaban J connectivity index is 2.85. The van der Waals surface area contributed by atoms with E-state index in [1.54, 1.807) is 19.1 Å². The molecule has 0 bridgehead atoms. The predicted octanol–water partition coefficient (Wildman–Crippen LogP) is 1.84. The summed E-state index contributed by atoms with van der Waals surface area (Å²) in [4.78, 5) is 10.9. The standard InChI is InChI=1S/C8H8O3/c1-6-2-3-8(11-6)7(10)4-5-9/h2-5,9H,1H3. The fourth-order valence-electron chi connectivity index (χ4n) is 0.717. The highest BCUT2D eigenvalue weighted by atomic mass is 16.3. The molecule has 0 fully saturated rings. The van der Waals surface area contributed by atoms with Crippen LogP contribution < -0.4 is 0 Å². The van der Waals surface area contributed by atoms with Crippen LogP contribution in [0.5, 0.6) is 0 Å². The van der Waals surface area contributed by atoms with Crippen molar-refractivity contribution in [1.29, 1.82) is 0 Å².